The van der Waals surface area contributed by atoms with Crippen LogP contribution in [-0.4, -0.2) is 58.0 Å². The maximum atomic E-state index is 10.9. The van der Waals surface area contributed by atoms with Gasteiger partial charge >= 0.3 is 0 Å². The molecular formula is C9H17NO6. The minimum atomic E-state index is -1.56. The lowest BCUT2D eigenvalue weighted by Crippen LogP contribution is -2.61. The fraction of sp³-hybridized carbons (Fsp3) is 0.889. The first-order chi connectivity index (χ1) is 7.34. The van der Waals surface area contributed by atoms with Crippen molar-refractivity contribution in [1.29, 1.82) is 0 Å². The van der Waals surface area contributed by atoms with Gasteiger partial charge in [0, 0.05) is 0 Å². The van der Waals surface area contributed by atoms with E-state index in [1.54, 1.807) is 13.8 Å². The second-order valence-corrected chi connectivity index (χ2v) is 3.98. The summed E-state index contributed by atoms with van der Waals surface area (Å²) in [6, 6.07) is 0. The van der Waals surface area contributed by atoms with Gasteiger partial charge in [-0.15, -0.1) is 0 Å². The molecular weight excluding hydrogens is 218 g/mol. The normalized spacial score (nSPS) is 40.0. The van der Waals surface area contributed by atoms with Crippen LogP contribution < -0.4 is 5.73 Å². The summed E-state index contributed by atoms with van der Waals surface area (Å²) in [5.74, 6) is -0.921. The van der Waals surface area contributed by atoms with Gasteiger partial charge in [-0.05, 0) is 13.8 Å². The van der Waals surface area contributed by atoms with Gasteiger partial charge in [-0.2, -0.15) is 0 Å². The fourth-order valence-corrected chi connectivity index (χ4v) is 1.46. The van der Waals surface area contributed by atoms with Gasteiger partial charge in [0.15, 0.2) is 12.4 Å². The van der Waals surface area contributed by atoms with Crippen LogP contribution in [0.25, 0.3) is 0 Å². The highest BCUT2D eigenvalue weighted by Crippen LogP contribution is 2.22. The summed E-state index contributed by atoms with van der Waals surface area (Å²) >= 11 is 0. The van der Waals surface area contributed by atoms with Gasteiger partial charge in [-0.3, -0.25) is 4.79 Å². The number of hydrogen-bond donors (Lipinski definition) is 4. The highest BCUT2D eigenvalue weighted by Gasteiger charge is 2.46. The molecule has 5 atom stereocenters. The maximum Gasteiger partial charge on any atom is 0.249 e. The van der Waals surface area contributed by atoms with Crippen molar-refractivity contribution in [3.8, 4) is 0 Å². The van der Waals surface area contributed by atoms with Crippen LogP contribution in [0.3, 0.4) is 0 Å². The maximum absolute atomic E-state index is 10.9. The van der Waals surface area contributed by atoms with Crippen LogP contribution in [0.2, 0.25) is 0 Å². The molecule has 0 radical (unpaired) electrons. The van der Waals surface area contributed by atoms with Crippen molar-refractivity contribution >= 4 is 5.91 Å². The Labute approximate surface area is 92.8 Å². The van der Waals surface area contributed by atoms with Gasteiger partial charge in [0.25, 0.3) is 0 Å². The topological polar surface area (TPSA) is 122 Å². The zero-order valence-electron chi connectivity index (χ0n) is 9.11. The fourth-order valence-electron chi connectivity index (χ4n) is 1.46. The molecule has 0 saturated carbocycles. The lowest BCUT2D eigenvalue weighted by molar-refractivity contribution is -0.297. The minimum Gasteiger partial charge on any atom is -0.387 e. The molecule has 16 heavy (non-hydrogen) atoms. The Bertz CT molecular complexity index is 258. The predicted molar refractivity (Wildman–Crippen MR) is 52.1 cm³/mol. The van der Waals surface area contributed by atoms with Crippen molar-refractivity contribution in [2.75, 3.05) is 0 Å². The predicted octanol–water partition coefficient (Wildman–Crippen LogP) is -2.30. The van der Waals surface area contributed by atoms with Crippen molar-refractivity contribution in [2.45, 2.75) is 50.7 Å². The number of primary amides is 1. The molecule has 0 aromatic heterocycles. The molecule has 1 fully saturated rings. The summed E-state index contributed by atoms with van der Waals surface area (Å²) in [5, 5.41) is 28.5. The van der Waals surface area contributed by atoms with Gasteiger partial charge in [-0.1, -0.05) is 0 Å². The van der Waals surface area contributed by atoms with Crippen LogP contribution in [0, 0.1) is 0 Å². The van der Waals surface area contributed by atoms with Gasteiger partial charge in [-0.25, -0.2) is 0 Å². The molecule has 0 bridgehead atoms. The van der Waals surface area contributed by atoms with E-state index in [4.69, 9.17) is 15.2 Å². The quantitative estimate of drug-likeness (QED) is 0.436. The molecule has 1 heterocycles. The molecule has 1 rings (SSSR count). The van der Waals surface area contributed by atoms with Crippen LogP contribution in [0.1, 0.15) is 13.8 Å². The number of nitrogens with two attached hydrogens (primary N) is 1. The molecule has 1 aliphatic heterocycles. The van der Waals surface area contributed by atoms with E-state index in [1.807, 2.05) is 0 Å². The average Bonchev–Trinajstić information content (AvgIpc) is 2.18. The number of hydrogen-bond acceptors (Lipinski definition) is 6. The summed E-state index contributed by atoms with van der Waals surface area (Å²) in [5.41, 5.74) is 4.99. The van der Waals surface area contributed by atoms with E-state index >= 15 is 0 Å². The Balaban J connectivity index is 2.77. The summed E-state index contributed by atoms with van der Waals surface area (Å²) in [7, 11) is 0. The van der Waals surface area contributed by atoms with Crippen molar-refractivity contribution in [3.63, 3.8) is 0 Å². The average molecular weight is 235 g/mol. The summed E-state index contributed by atoms with van der Waals surface area (Å²) in [4.78, 5) is 10.9. The minimum absolute atomic E-state index is 0.268. The third-order valence-corrected chi connectivity index (χ3v) is 2.26. The van der Waals surface area contributed by atoms with E-state index < -0.39 is 36.6 Å². The summed E-state index contributed by atoms with van der Waals surface area (Å²) < 4.78 is 10.1. The van der Waals surface area contributed by atoms with Gasteiger partial charge in [0.05, 0.1) is 6.10 Å². The van der Waals surface area contributed by atoms with Gasteiger partial charge in [0.2, 0.25) is 5.91 Å². The van der Waals surface area contributed by atoms with E-state index in [1.165, 1.54) is 0 Å². The van der Waals surface area contributed by atoms with Gasteiger partial charge in [0.1, 0.15) is 18.3 Å². The van der Waals surface area contributed by atoms with Crippen molar-refractivity contribution in [2.24, 2.45) is 5.73 Å². The first-order valence-corrected chi connectivity index (χ1v) is 4.99. The lowest BCUT2D eigenvalue weighted by atomic mass is 9.98. The number of aliphatic hydroxyl groups excluding tert-OH is 3. The number of carbonyl (C=O) groups excluding carboxylic acids is 1. The Morgan fingerprint density at radius 1 is 1.25 bits per heavy atom. The van der Waals surface area contributed by atoms with Crippen molar-refractivity contribution < 1.29 is 29.6 Å². The van der Waals surface area contributed by atoms with E-state index in [0.717, 1.165) is 0 Å². The zero-order valence-corrected chi connectivity index (χ0v) is 9.11. The van der Waals surface area contributed by atoms with Crippen LogP contribution >= 0.6 is 0 Å². The largest absolute Gasteiger partial charge is 0.387 e. The SMILES string of the molecule is CC(C)O[C@@H]1OC(C(N)=O)[C@@H](O)C(O)[C@@H]1O. The first kappa shape index (κ1) is 13.3. The van der Waals surface area contributed by atoms with E-state index in [9.17, 15) is 20.1 Å². The number of carbonyl (C=O) groups is 1. The molecule has 94 valence electrons. The summed E-state index contributed by atoms with van der Waals surface area (Å²) in [6.45, 7) is 3.40. The Hall–Kier alpha value is -0.730. The molecule has 0 aliphatic carbocycles. The number of rotatable bonds is 3. The highest BCUT2D eigenvalue weighted by atomic mass is 16.7. The van der Waals surface area contributed by atoms with Crippen LogP contribution in [0.5, 0.6) is 0 Å². The third-order valence-electron chi connectivity index (χ3n) is 2.26. The first-order valence-electron chi connectivity index (χ1n) is 4.99. The highest BCUT2D eigenvalue weighted by molar-refractivity contribution is 5.79. The molecule has 5 N–H and O–H groups in total. The molecule has 0 aromatic carbocycles. The Morgan fingerprint density at radius 2 is 1.81 bits per heavy atom. The molecule has 1 amide bonds. The Morgan fingerprint density at radius 3 is 2.25 bits per heavy atom. The van der Waals surface area contributed by atoms with E-state index in [-0.39, 0.29) is 6.10 Å². The molecule has 7 heteroatoms. The monoisotopic (exact) mass is 235 g/mol. The molecule has 1 saturated heterocycles. The smallest absolute Gasteiger partial charge is 0.249 e. The van der Waals surface area contributed by atoms with Crippen molar-refractivity contribution in [1.82, 2.24) is 0 Å². The van der Waals surface area contributed by atoms with E-state index in [0.29, 0.717) is 0 Å². The number of amides is 1. The second kappa shape index (κ2) is 5.07. The lowest BCUT2D eigenvalue weighted by Gasteiger charge is -2.39. The third kappa shape index (κ3) is 2.69. The molecule has 0 spiro atoms. The van der Waals surface area contributed by atoms with E-state index in [2.05, 4.69) is 0 Å². The zero-order chi connectivity index (χ0) is 12.5. The number of ether oxygens (including phenoxy) is 2. The second-order valence-electron chi connectivity index (χ2n) is 3.98. The standard InChI is InChI=1S/C9H17NO6/c1-3(2)15-9-6(13)4(11)5(12)7(16-9)8(10)14/h3-7,9,11-13H,1-2H3,(H2,10,14)/t4?,5-,6-,7?,9+/m0/s1. The van der Waals surface area contributed by atoms with Crippen LogP contribution in [0.4, 0.5) is 0 Å². The van der Waals surface area contributed by atoms with Crippen LogP contribution in [-0.2, 0) is 14.3 Å². The molecule has 1 aliphatic rings. The molecule has 2 unspecified atom stereocenters. The Kier molecular flexibility index (Phi) is 4.22. The van der Waals surface area contributed by atoms with Crippen molar-refractivity contribution in [3.05, 3.63) is 0 Å². The number of aliphatic hydroxyl groups is 3. The molecule has 0 aromatic rings. The van der Waals surface area contributed by atoms with Crippen LogP contribution in [0.15, 0.2) is 0 Å². The van der Waals surface area contributed by atoms with Gasteiger partial charge < -0.3 is 30.5 Å². The summed E-state index contributed by atoms with van der Waals surface area (Å²) in [6.07, 6.45) is -7.35. The molecule has 7 nitrogen and oxygen atoms in total.